The summed E-state index contributed by atoms with van der Waals surface area (Å²) in [5, 5.41) is 0.508. The number of carbonyl (C=O) groups is 1. The summed E-state index contributed by atoms with van der Waals surface area (Å²) in [5.41, 5.74) is 12.4. The Morgan fingerprint density at radius 2 is 2.05 bits per heavy atom. The molecule has 1 aliphatic rings. The van der Waals surface area contributed by atoms with Gasteiger partial charge in [-0.3, -0.25) is 4.79 Å². The van der Waals surface area contributed by atoms with E-state index in [4.69, 9.17) is 11.5 Å². The van der Waals surface area contributed by atoms with E-state index in [1.165, 1.54) is 11.3 Å². The Morgan fingerprint density at radius 3 is 2.74 bits per heavy atom. The molecule has 1 aromatic heterocycles. The van der Waals surface area contributed by atoms with Gasteiger partial charge in [0.2, 0.25) is 5.91 Å². The van der Waals surface area contributed by atoms with E-state index in [0.717, 1.165) is 29.0 Å². The first-order valence-electron chi connectivity index (χ1n) is 6.25. The molecule has 0 bridgehead atoms. The molecule has 0 saturated carbocycles. The van der Waals surface area contributed by atoms with Gasteiger partial charge in [-0.05, 0) is 24.8 Å². The molecule has 1 heterocycles. The van der Waals surface area contributed by atoms with E-state index < -0.39 is 5.41 Å². The van der Waals surface area contributed by atoms with Gasteiger partial charge in [-0.2, -0.15) is 0 Å². The summed E-state index contributed by atoms with van der Waals surface area (Å²) in [6.45, 7) is 0. The molecule has 0 saturated heterocycles. The second-order valence-electron chi connectivity index (χ2n) is 4.81. The van der Waals surface area contributed by atoms with Crippen molar-refractivity contribution >= 4 is 22.4 Å². The van der Waals surface area contributed by atoms with Crippen LogP contribution in [0, 0.1) is 0 Å². The number of hydrogen-bond donors (Lipinski definition) is 2. The largest absolute Gasteiger partial charge is 0.375 e. The van der Waals surface area contributed by atoms with Gasteiger partial charge < -0.3 is 11.5 Å². The maximum atomic E-state index is 12.2. The molecule has 0 spiro atoms. The normalized spacial score (nSPS) is 21.9. The average molecular weight is 273 g/mol. The fraction of sp³-hybridized carbons (Fsp3) is 0.286. The van der Waals surface area contributed by atoms with Crippen molar-refractivity contribution in [2.24, 2.45) is 5.73 Å². The van der Waals surface area contributed by atoms with E-state index in [9.17, 15) is 4.79 Å². The van der Waals surface area contributed by atoms with E-state index in [0.29, 0.717) is 11.6 Å². The number of amides is 1. The van der Waals surface area contributed by atoms with Crippen LogP contribution in [0.15, 0.2) is 30.3 Å². The van der Waals surface area contributed by atoms with Crippen LogP contribution in [-0.2, 0) is 16.6 Å². The summed E-state index contributed by atoms with van der Waals surface area (Å²) in [5.74, 6) is -0.343. The molecule has 0 fully saturated rings. The maximum absolute atomic E-state index is 12.2. The van der Waals surface area contributed by atoms with Gasteiger partial charge in [0.05, 0.1) is 5.69 Å². The number of benzene rings is 1. The van der Waals surface area contributed by atoms with Crippen molar-refractivity contribution in [1.29, 1.82) is 0 Å². The molecule has 1 aliphatic carbocycles. The van der Waals surface area contributed by atoms with Crippen molar-refractivity contribution in [2.45, 2.75) is 24.7 Å². The Morgan fingerprint density at radius 1 is 1.32 bits per heavy atom. The Bertz CT molecular complexity index is 623. The van der Waals surface area contributed by atoms with Gasteiger partial charge in [0.25, 0.3) is 0 Å². The van der Waals surface area contributed by atoms with Gasteiger partial charge in [-0.15, -0.1) is 11.3 Å². The van der Waals surface area contributed by atoms with Crippen molar-refractivity contribution in [1.82, 2.24) is 4.98 Å². The number of rotatable bonds is 2. The van der Waals surface area contributed by atoms with Crippen LogP contribution in [0.5, 0.6) is 0 Å². The van der Waals surface area contributed by atoms with Gasteiger partial charge in [0.15, 0.2) is 5.13 Å². The maximum Gasteiger partial charge on any atom is 0.234 e. The second kappa shape index (κ2) is 4.35. The summed E-state index contributed by atoms with van der Waals surface area (Å²) in [7, 11) is 0. The van der Waals surface area contributed by atoms with Crippen LogP contribution in [0.3, 0.4) is 0 Å². The fourth-order valence-corrected chi connectivity index (χ4v) is 3.84. The minimum absolute atomic E-state index is 0.343. The highest BCUT2D eigenvalue weighted by atomic mass is 32.1. The van der Waals surface area contributed by atoms with Crippen molar-refractivity contribution in [3.8, 4) is 0 Å². The number of aryl methyl sites for hydroxylation is 1. The summed E-state index contributed by atoms with van der Waals surface area (Å²) < 4.78 is 0. The Labute approximate surface area is 115 Å². The number of primary amides is 1. The van der Waals surface area contributed by atoms with Gasteiger partial charge in [-0.1, -0.05) is 30.3 Å². The number of nitrogens with zero attached hydrogens (tertiary/aromatic N) is 1. The lowest BCUT2D eigenvalue weighted by Gasteiger charge is -2.33. The highest BCUT2D eigenvalue weighted by molar-refractivity contribution is 7.15. The zero-order chi connectivity index (χ0) is 13.5. The molecule has 19 heavy (non-hydrogen) atoms. The van der Waals surface area contributed by atoms with E-state index in [1.54, 1.807) is 0 Å². The predicted octanol–water partition coefficient (Wildman–Crippen LogP) is 1.83. The van der Waals surface area contributed by atoms with Crippen LogP contribution in [0.4, 0.5) is 5.13 Å². The number of fused-ring (bicyclic) bond motifs is 1. The molecule has 0 radical (unpaired) electrons. The van der Waals surface area contributed by atoms with Crippen LogP contribution in [-0.4, -0.2) is 10.9 Å². The third kappa shape index (κ3) is 1.73. The van der Waals surface area contributed by atoms with Crippen LogP contribution in [0.25, 0.3) is 0 Å². The SMILES string of the molecule is NC(=O)C1(c2ccccc2)CCCc2sc(N)nc21. The standard InChI is InChI=1S/C14H15N3OS/c15-12(18)14(9-5-2-1-3-6-9)8-4-7-10-11(14)17-13(16)19-10/h1-3,5-6H,4,7-8H2,(H2,15,18)(H2,16,17). The van der Waals surface area contributed by atoms with Crippen molar-refractivity contribution < 1.29 is 4.79 Å². The number of anilines is 1. The quantitative estimate of drug-likeness (QED) is 0.875. The molecule has 1 aromatic carbocycles. The van der Waals surface area contributed by atoms with Gasteiger partial charge >= 0.3 is 0 Å². The molecule has 98 valence electrons. The number of nitrogens with two attached hydrogens (primary N) is 2. The number of nitrogen functional groups attached to an aromatic ring is 1. The lowest BCUT2D eigenvalue weighted by atomic mass is 9.69. The molecule has 3 rings (SSSR count). The Kier molecular flexibility index (Phi) is 2.78. The zero-order valence-electron chi connectivity index (χ0n) is 10.4. The molecular weight excluding hydrogens is 258 g/mol. The minimum atomic E-state index is -0.817. The smallest absolute Gasteiger partial charge is 0.234 e. The number of aromatic nitrogens is 1. The van der Waals surface area contributed by atoms with E-state index >= 15 is 0 Å². The summed E-state index contributed by atoms with van der Waals surface area (Å²) in [6.07, 6.45) is 2.54. The zero-order valence-corrected chi connectivity index (χ0v) is 11.2. The lowest BCUT2D eigenvalue weighted by Crippen LogP contribution is -2.44. The number of carbonyl (C=O) groups excluding carboxylic acids is 1. The van der Waals surface area contributed by atoms with Gasteiger partial charge in [-0.25, -0.2) is 4.98 Å². The molecule has 0 aliphatic heterocycles. The third-order valence-electron chi connectivity index (χ3n) is 3.76. The van der Waals surface area contributed by atoms with Gasteiger partial charge in [0.1, 0.15) is 5.41 Å². The molecule has 4 nitrogen and oxygen atoms in total. The topological polar surface area (TPSA) is 82.0 Å². The Balaban J connectivity index is 2.26. The van der Waals surface area contributed by atoms with E-state index in [-0.39, 0.29) is 5.91 Å². The van der Waals surface area contributed by atoms with Crippen LogP contribution in [0.2, 0.25) is 0 Å². The highest BCUT2D eigenvalue weighted by Gasteiger charge is 2.46. The summed E-state index contributed by atoms with van der Waals surface area (Å²) in [4.78, 5) is 17.7. The molecule has 5 heteroatoms. The highest BCUT2D eigenvalue weighted by Crippen LogP contribution is 2.44. The van der Waals surface area contributed by atoms with Crippen LogP contribution < -0.4 is 11.5 Å². The second-order valence-corrected chi connectivity index (χ2v) is 5.93. The van der Waals surface area contributed by atoms with Crippen molar-refractivity contribution in [2.75, 3.05) is 5.73 Å². The minimum Gasteiger partial charge on any atom is -0.375 e. The first-order chi connectivity index (χ1) is 9.14. The van der Waals surface area contributed by atoms with Gasteiger partial charge in [0, 0.05) is 4.88 Å². The van der Waals surface area contributed by atoms with Crippen molar-refractivity contribution in [3.05, 3.63) is 46.5 Å². The number of hydrogen-bond acceptors (Lipinski definition) is 4. The molecule has 1 atom stereocenters. The molecule has 1 amide bonds. The first-order valence-corrected chi connectivity index (χ1v) is 7.07. The predicted molar refractivity (Wildman–Crippen MR) is 75.9 cm³/mol. The molecule has 4 N–H and O–H groups in total. The average Bonchev–Trinajstić information content (AvgIpc) is 2.79. The van der Waals surface area contributed by atoms with E-state index in [1.807, 2.05) is 30.3 Å². The van der Waals surface area contributed by atoms with Crippen LogP contribution in [0.1, 0.15) is 29.0 Å². The van der Waals surface area contributed by atoms with Crippen LogP contribution >= 0.6 is 11.3 Å². The third-order valence-corrected chi connectivity index (χ3v) is 4.71. The molecular formula is C14H15N3OS. The summed E-state index contributed by atoms with van der Waals surface area (Å²) in [6, 6.07) is 9.65. The molecule has 2 aromatic rings. The summed E-state index contributed by atoms with van der Waals surface area (Å²) >= 11 is 1.46. The monoisotopic (exact) mass is 273 g/mol. The lowest BCUT2D eigenvalue weighted by molar-refractivity contribution is -0.122. The van der Waals surface area contributed by atoms with Crippen molar-refractivity contribution in [3.63, 3.8) is 0 Å². The van der Waals surface area contributed by atoms with E-state index in [2.05, 4.69) is 4.98 Å². The Hall–Kier alpha value is -1.88. The molecule has 1 unspecified atom stereocenters. The number of thiazole rings is 1. The first kappa shape index (κ1) is 12.2. The fourth-order valence-electron chi connectivity index (χ4n) is 2.89.